The van der Waals surface area contributed by atoms with Crippen molar-refractivity contribution in [2.45, 2.75) is 84.1 Å². The lowest BCUT2D eigenvalue weighted by atomic mass is 9.78. The van der Waals surface area contributed by atoms with Crippen LogP contribution in [0.3, 0.4) is 0 Å². The fourth-order valence-corrected chi connectivity index (χ4v) is 6.36. The summed E-state index contributed by atoms with van der Waals surface area (Å²) in [7, 11) is -3.15. The lowest BCUT2D eigenvalue weighted by Gasteiger charge is -2.47. The highest BCUT2D eigenvalue weighted by molar-refractivity contribution is 7.88. The van der Waals surface area contributed by atoms with Gasteiger partial charge in [-0.05, 0) is 93.5 Å². The normalized spacial score (nSPS) is 17.9. The molecular weight excluding hydrogens is 591 g/mol. The first kappa shape index (κ1) is 36.2. The van der Waals surface area contributed by atoms with Gasteiger partial charge in [0.2, 0.25) is 15.9 Å². The van der Waals surface area contributed by atoms with Gasteiger partial charge in [-0.25, -0.2) is 17.5 Å². The predicted octanol–water partition coefficient (Wildman–Crippen LogP) is 7.00. The van der Waals surface area contributed by atoms with Crippen molar-refractivity contribution in [1.82, 2.24) is 9.62 Å². The average Bonchev–Trinajstić information content (AvgIpc) is 3.00. The largest absolute Gasteiger partial charge is 0.481 e. The summed E-state index contributed by atoms with van der Waals surface area (Å²) >= 11 is 0. The van der Waals surface area contributed by atoms with Gasteiger partial charge in [-0.3, -0.25) is 9.59 Å². The number of likely N-dealkylation sites (tertiary alicyclic amines) is 1. The van der Waals surface area contributed by atoms with Crippen LogP contribution in [0.15, 0.2) is 72.3 Å². The van der Waals surface area contributed by atoms with E-state index < -0.39 is 16.0 Å². The maximum atomic E-state index is 13.4. The number of unbranched alkanes of at least 4 members (excludes halogenated alkanes) is 2. The number of nitrogens with zero attached hydrogens (tertiary/aromatic N) is 1. The molecule has 0 bridgehead atoms. The summed E-state index contributed by atoms with van der Waals surface area (Å²) in [5.41, 5.74) is 4.51. The Hall–Kier alpha value is -3.30. The highest BCUT2D eigenvalue weighted by Gasteiger charge is 2.46. The number of nitrogens with one attached hydrogen (secondary N) is 1. The Bertz CT molecular complexity index is 1400. The van der Waals surface area contributed by atoms with Crippen LogP contribution in [0.5, 0.6) is 0 Å². The van der Waals surface area contributed by atoms with E-state index in [0.717, 1.165) is 74.5 Å². The number of carboxylic acid groups (broad SMARTS) is 1. The first-order chi connectivity index (χ1) is 21.5. The zero-order valence-electron chi connectivity index (χ0n) is 26.9. The first-order valence-electron chi connectivity index (χ1n) is 16.1. The minimum Gasteiger partial charge on any atom is -0.481 e. The van der Waals surface area contributed by atoms with E-state index >= 15 is 0 Å². The van der Waals surface area contributed by atoms with Crippen molar-refractivity contribution < 1.29 is 27.5 Å². The van der Waals surface area contributed by atoms with E-state index in [1.165, 1.54) is 24.0 Å². The van der Waals surface area contributed by atoms with Crippen molar-refractivity contribution in [2.75, 3.05) is 19.3 Å². The Balaban J connectivity index is 1.59. The molecule has 7 nitrogen and oxygen atoms in total. The van der Waals surface area contributed by atoms with E-state index in [1.54, 1.807) is 19.1 Å². The number of carbonyl (C=O) groups is 2. The van der Waals surface area contributed by atoms with Crippen LogP contribution in [-0.4, -0.2) is 49.6 Å². The minimum atomic E-state index is -3.15. The first-order valence-corrected chi connectivity index (χ1v) is 18.0. The van der Waals surface area contributed by atoms with E-state index in [2.05, 4.69) is 47.2 Å². The molecule has 1 amide bonds. The summed E-state index contributed by atoms with van der Waals surface area (Å²) in [5.74, 6) is -1.33. The summed E-state index contributed by atoms with van der Waals surface area (Å²) in [5, 5.41) is 9.14. The summed E-state index contributed by atoms with van der Waals surface area (Å²) in [6.07, 6.45) is 15.6. The van der Waals surface area contributed by atoms with Gasteiger partial charge in [-0.2, -0.15) is 0 Å². The Kier molecular flexibility index (Phi) is 14.5. The van der Waals surface area contributed by atoms with Crippen molar-refractivity contribution in [3.63, 3.8) is 0 Å². The fraction of sp³-hybridized carbons (Fsp3) is 0.500. The number of benzene rings is 2. The number of aryl methyl sites for hydroxylation is 2. The lowest BCUT2D eigenvalue weighted by molar-refractivity contribution is -0.156. The fourth-order valence-electron chi connectivity index (χ4n) is 5.84. The Morgan fingerprint density at radius 3 is 2.27 bits per heavy atom. The number of hydrogen-bond donors (Lipinski definition) is 2. The van der Waals surface area contributed by atoms with Crippen LogP contribution >= 0.6 is 0 Å². The van der Waals surface area contributed by atoms with Crippen LogP contribution in [-0.2, 0) is 32.5 Å². The molecule has 0 radical (unpaired) electrons. The highest BCUT2D eigenvalue weighted by atomic mass is 32.2. The average molecular weight is 641 g/mol. The SMILES string of the molecule is C/C=C(\C=C/CN1C(=O)[C@H](CCCc2ccc(F)cc2)C1c1ccc(CCCC(C)C(=O)O)cc1)CCCCCNS(C)(=O)=O. The second-order valence-electron chi connectivity index (χ2n) is 12.2. The van der Waals surface area contributed by atoms with Crippen molar-refractivity contribution >= 4 is 21.9 Å². The quantitative estimate of drug-likeness (QED) is 0.0921. The van der Waals surface area contributed by atoms with Gasteiger partial charge in [-0.1, -0.05) is 73.5 Å². The Morgan fingerprint density at radius 1 is 1.00 bits per heavy atom. The standard InChI is InChI=1S/C36H49FN2O5S/c1-4-28(12-6-5-7-25-38-45(3,43)44)15-10-26-39-34(31-21-17-29(18-22-31)13-8-11-27(2)36(41)42)33(35(39)40)16-9-14-30-19-23-32(37)24-20-30/h4,10,15,17-24,27,33-34,38H,5-9,11-14,16,25-26H2,1-3H3,(H,41,42)/b15-10-,28-4-/t27?,33-,34?/m1/s1. The minimum absolute atomic E-state index is 0.0205. The third-order valence-electron chi connectivity index (χ3n) is 8.57. The third-order valence-corrected chi connectivity index (χ3v) is 9.30. The number of allylic oxidation sites excluding steroid dienone is 3. The molecule has 9 heteroatoms. The predicted molar refractivity (Wildman–Crippen MR) is 178 cm³/mol. The smallest absolute Gasteiger partial charge is 0.306 e. The molecule has 2 N–H and O–H groups in total. The molecule has 0 saturated carbocycles. The zero-order valence-corrected chi connectivity index (χ0v) is 27.7. The Morgan fingerprint density at radius 2 is 1.64 bits per heavy atom. The van der Waals surface area contributed by atoms with Gasteiger partial charge in [0.05, 0.1) is 24.1 Å². The number of halogens is 1. The second kappa shape index (κ2) is 18.0. The van der Waals surface area contributed by atoms with E-state index in [1.807, 2.05) is 11.8 Å². The molecule has 1 heterocycles. The number of hydrogen-bond acceptors (Lipinski definition) is 4. The number of amides is 1. The molecule has 3 atom stereocenters. The topological polar surface area (TPSA) is 104 Å². The molecule has 246 valence electrons. The molecule has 45 heavy (non-hydrogen) atoms. The molecule has 2 aromatic rings. The number of carbonyl (C=O) groups excluding carboxylic acids is 1. The van der Waals surface area contributed by atoms with Crippen LogP contribution in [0.25, 0.3) is 0 Å². The molecule has 1 aliphatic heterocycles. The Labute approximate surface area is 268 Å². The van der Waals surface area contributed by atoms with Crippen LogP contribution in [0, 0.1) is 17.7 Å². The maximum Gasteiger partial charge on any atom is 0.306 e. The van der Waals surface area contributed by atoms with Crippen LogP contribution in [0.2, 0.25) is 0 Å². The van der Waals surface area contributed by atoms with Crippen molar-refractivity contribution in [1.29, 1.82) is 0 Å². The second-order valence-corrected chi connectivity index (χ2v) is 14.0. The molecule has 0 spiro atoms. The van der Waals surface area contributed by atoms with E-state index in [4.69, 9.17) is 5.11 Å². The number of β-lactam (4-membered cyclic amide) rings is 1. The van der Waals surface area contributed by atoms with Crippen molar-refractivity contribution in [3.05, 3.63) is 94.8 Å². The van der Waals surface area contributed by atoms with E-state index in [9.17, 15) is 22.4 Å². The number of aliphatic carboxylic acids is 1. The van der Waals surface area contributed by atoms with E-state index in [-0.39, 0.29) is 29.6 Å². The van der Waals surface area contributed by atoms with Crippen LogP contribution < -0.4 is 4.72 Å². The number of sulfonamides is 1. The third kappa shape index (κ3) is 12.2. The van der Waals surface area contributed by atoms with Gasteiger partial charge >= 0.3 is 5.97 Å². The molecule has 1 saturated heterocycles. The van der Waals surface area contributed by atoms with Gasteiger partial charge in [0.25, 0.3) is 0 Å². The summed E-state index contributed by atoms with van der Waals surface area (Å²) < 4.78 is 38.2. The van der Waals surface area contributed by atoms with E-state index in [0.29, 0.717) is 19.5 Å². The van der Waals surface area contributed by atoms with Crippen LogP contribution in [0.4, 0.5) is 4.39 Å². The molecule has 0 aliphatic carbocycles. The highest BCUT2D eigenvalue weighted by Crippen LogP contribution is 2.43. The van der Waals surface area contributed by atoms with Gasteiger partial charge in [0, 0.05) is 13.1 Å². The lowest BCUT2D eigenvalue weighted by Crippen LogP contribution is -2.54. The molecule has 1 fully saturated rings. The molecule has 1 aliphatic rings. The monoisotopic (exact) mass is 640 g/mol. The van der Waals surface area contributed by atoms with Gasteiger partial charge in [-0.15, -0.1) is 0 Å². The van der Waals surface area contributed by atoms with Crippen molar-refractivity contribution in [3.8, 4) is 0 Å². The van der Waals surface area contributed by atoms with Crippen molar-refractivity contribution in [2.24, 2.45) is 11.8 Å². The molecular formula is C36H49FN2O5S. The zero-order chi connectivity index (χ0) is 32.8. The van der Waals surface area contributed by atoms with Gasteiger partial charge in [0.1, 0.15) is 5.82 Å². The van der Waals surface area contributed by atoms with Gasteiger partial charge in [0.15, 0.2) is 0 Å². The summed E-state index contributed by atoms with van der Waals surface area (Å²) in [6, 6.07) is 14.9. The molecule has 2 aromatic carbocycles. The van der Waals surface area contributed by atoms with Crippen LogP contribution in [0.1, 0.15) is 87.9 Å². The molecule has 3 rings (SSSR count). The summed E-state index contributed by atoms with van der Waals surface area (Å²) in [6.45, 7) is 4.71. The molecule has 0 aromatic heterocycles. The maximum absolute atomic E-state index is 13.4. The molecule has 2 unspecified atom stereocenters. The number of rotatable bonds is 20. The number of carboxylic acids is 1. The summed E-state index contributed by atoms with van der Waals surface area (Å²) in [4.78, 5) is 26.4. The van der Waals surface area contributed by atoms with Gasteiger partial charge < -0.3 is 10.0 Å².